The summed E-state index contributed by atoms with van der Waals surface area (Å²) in [5.74, 6) is 0. The zero-order valence-electron chi connectivity index (χ0n) is 19.7. The molecule has 4 aromatic rings. The molecule has 170 valence electrons. The Hall–Kier alpha value is -3.88. The summed E-state index contributed by atoms with van der Waals surface area (Å²) in [4.78, 5) is 15.9. The molecular weight excluding hydrogens is 422 g/mol. The van der Waals surface area contributed by atoms with Gasteiger partial charge in [-0.1, -0.05) is 30.3 Å². The maximum atomic E-state index is 13.6. The van der Waals surface area contributed by atoms with Crippen molar-refractivity contribution in [3.8, 4) is 22.9 Å². The number of morpholine rings is 1. The van der Waals surface area contributed by atoms with Crippen molar-refractivity contribution in [1.82, 2.24) is 4.57 Å². The van der Waals surface area contributed by atoms with Gasteiger partial charge in [0.2, 0.25) is 0 Å². The zero-order valence-corrected chi connectivity index (χ0v) is 19.7. The van der Waals surface area contributed by atoms with Crippen LogP contribution in [0.4, 0.5) is 5.69 Å². The highest BCUT2D eigenvalue weighted by molar-refractivity contribution is 5.99. The normalized spacial score (nSPS) is 18.1. The summed E-state index contributed by atoms with van der Waals surface area (Å²) in [5, 5.41) is 11.1. The first kappa shape index (κ1) is 21.9. The van der Waals surface area contributed by atoms with Crippen LogP contribution in [-0.4, -0.2) is 29.9 Å². The highest BCUT2D eigenvalue weighted by Crippen LogP contribution is 2.32. The van der Waals surface area contributed by atoms with E-state index in [1.165, 1.54) is 0 Å². The molecule has 1 saturated heterocycles. The lowest BCUT2D eigenvalue weighted by atomic mass is 9.93. The van der Waals surface area contributed by atoms with Gasteiger partial charge in [-0.25, -0.2) is 0 Å². The van der Waals surface area contributed by atoms with Crippen LogP contribution in [-0.2, 0) is 4.74 Å². The molecule has 0 amide bonds. The standard InChI is InChI=1S/C29H27N3O2/c1-19-16-32(24-13-11-23(12-14-24)31-17-20(2)34-21(3)18-31)29(33)27-10-6-9-26(28(19)27)25-8-5-4-7-22(25)15-30/h4-14,16,20-21H,17-18H2,1-3H3. The third-order valence-corrected chi connectivity index (χ3v) is 6.48. The van der Waals surface area contributed by atoms with Crippen LogP contribution in [0.25, 0.3) is 27.6 Å². The molecule has 0 bridgehead atoms. The van der Waals surface area contributed by atoms with Gasteiger partial charge in [0.25, 0.3) is 5.56 Å². The minimum absolute atomic E-state index is 0.0711. The summed E-state index contributed by atoms with van der Waals surface area (Å²) in [6.45, 7) is 7.91. The van der Waals surface area contributed by atoms with Gasteiger partial charge in [-0.2, -0.15) is 5.26 Å². The molecule has 2 unspecified atom stereocenters. The van der Waals surface area contributed by atoms with Gasteiger partial charge in [-0.15, -0.1) is 0 Å². The third-order valence-electron chi connectivity index (χ3n) is 6.48. The first-order valence-corrected chi connectivity index (χ1v) is 11.6. The number of rotatable bonds is 3. The van der Waals surface area contributed by atoms with E-state index in [4.69, 9.17) is 4.74 Å². The Morgan fingerprint density at radius 1 is 0.882 bits per heavy atom. The molecule has 0 spiro atoms. The van der Waals surface area contributed by atoms with E-state index in [-0.39, 0.29) is 17.8 Å². The summed E-state index contributed by atoms with van der Waals surface area (Å²) in [6, 6.07) is 23.7. The zero-order chi connectivity index (χ0) is 23.8. The van der Waals surface area contributed by atoms with Gasteiger partial charge in [0.15, 0.2) is 0 Å². The van der Waals surface area contributed by atoms with Crippen molar-refractivity contribution in [2.75, 3.05) is 18.0 Å². The number of ether oxygens (including phenoxy) is 1. The van der Waals surface area contributed by atoms with Crippen LogP contribution in [0.15, 0.2) is 77.7 Å². The van der Waals surface area contributed by atoms with Gasteiger partial charge in [-0.3, -0.25) is 9.36 Å². The number of aryl methyl sites for hydroxylation is 1. The van der Waals surface area contributed by atoms with Gasteiger partial charge in [0.1, 0.15) is 0 Å². The maximum Gasteiger partial charge on any atom is 0.262 e. The molecule has 1 aliphatic heterocycles. The average molecular weight is 450 g/mol. The fourth-order valence-corrected chi connectivity index (χ4v) is 5.05. The third kappa shape index (κ3) is 3.87. The lowest BCUT2D eigenvalue weighted by Gasteiger charge is -2.36. The molecule has 2 heterocycles. The molecule has 1 aromatic heterocycles. The quantitative estimate of drug-likeness (QED) is 0.417. The van der Waals surface area contributed by atoms with Crippen molar-refractivity contribution in [3.05, 3.63) is 94.4 Å². The van der Waals surface area contributed by atoms with E-state index in [0.29, 0.717) is 10.9 Å². The van der Waals surface area contributed by atoms with Crippen molar-refractivity contribution < 1.29 is 4.74 Å². The van der Waals surface area contributed by atoms with E-state index >= 15 is 0 Å². The molecular formula is C29H27N3O2. The Kier molecular flexibility index (Phi) is 5.69. The van der Waals surface area contributed by atoms with Crippen LogP contribution in [0.2, 0.25) is 0 Å². The smallest absolute Gasteiger partial charge is 0.262 e. The topological polar surface area (TPSA) is 58.3 Å². The second-order valence-corrected chi connectivity index (χ2v) is 9.05. The first-order valence-electron chi connectivity index (χ1n) is 11.6. The van der Waals surface area contributed by atoms with E-state index in [2.05, 4.69) is 36.9 Å². The van der Waals surface area contributed by atoms with E-state index < -0.39 is 0 Å². The van der Waals surface area contributed by atoms with Crippen molar-refractivity contribution in [1.29, 1.82) is 5.26 Å². The average Bonchev–Trinajstić information content (AvgIpc) is 2.85. The number of pyridine rings is 1. The number of hydrogen-bond donors (Lipinski definition) is 0. The number of hydrogen-bond acceptors (Lipinski definition) is 4. The Labute approximate surface area is 199 Å². The van der Waals surface area contributed by atoms with Gasteiger partial charge < -0.3 is 9.64 Å². The first-order chi connectivity index (χ1) is 16.5. The Morgan fingerprint density at radius 2 is 1.53 bits per heavy atom. The van der Waals surface area contributed by atoms with Crippen molar-refractivity contribution >= 4 is 16.5 Å². The fourth-order valence-electron chi connectivity index (χ4n) is 5.05. The lowest BCUT2D eigenvalue weighted by Crippen LogP contribution is -2.45. The van der Waals surface area contributed by atoms with Gasteiger partial charge in [0.05, 0.1) is 23.8 Å². The fraction of sp³-hybridized carbons (Fsp3) is 0.241. The number of benzene rings is 3. The van der Waals surface area contributed by atoms with Gasteiger partial charge in [-0.05, 0) is 73.7 Å². The summed E-state index contributed by atoms with van der Waals surface area (Å²) in [5.41, 5.74) is 5.22. The molecule has 0 N–H and O–H groups in total. The van der Waals surface area contributed by atoms with E-state index in [1.807, 2.05) is 67.7 Å². The van der Waals surface area contributed by atoms with Gasteiger partial charge >= 0.3 is 0 Å². The van der Waals surface area contributed by atoms with Crippen molar-refractivity contribution in [3.63, 3.8) is 0 Å². The molecule has 5 nitrogen and oxygen atoms in total. The molecule has 3 aromatic carbocycles. The minimum atomic E-state index is -0.0711. The number of nitrogens with zero attached hydrogens (tertiary/aromatic N) is 3. The summed E-state index contributed by atoms with van der Waals surface area (Å²) >= 11 is 0. The van der Waals surface area contributed by atoms with Gasteiger partial charge in [0, 0.05) is 41.6 Å². The molecule has 5 rings (SSSR count). The van der Waals surface area contributed by atoms with E-state index in [0.717, 1.165) is 46.5 Å². The lowest BCUT2D eigenvalue weighted by molar-refractivity contribution is -0.00521. The summed E-state index contributed by atoms with van der Waals surface area (Å²) in [7, 11) is 0. The second-order valence-electron chi connectivity index (χ2n) is 9.05. The van der Waals surface area contributed by atoms with Crippen LogP contribution < -0.4 is 10.5 Å². The SMILES string of the molecule is Cc1cn(-c2ccc(N3CC(C)OC(C)C3)cc2)c(=O)c2cccc(-c3ccccc3C#N)c12. The predicted octanol–water partition coefficient (Wildman–Crippen LogP) is 5.45. The molecule has 34 heavy (non-hydrogen) atoms. The molecule has 1 fully saturated rings. The number of aromatic nitrogens is 1. The van der Waals surface area contributed by atoms with Crippen molar-refractivity contribution in [2.45, 2.75) is 33.0 Å². The molecule has 0 radical (unpaired) electrons. The molecule has 0 saturated carbocycles. The minimum Gasteiger partial charge on any atom is -0.372 e. The highest BCUT2D eigenvalue weighted by atomic mass is 16.5. The number of nitriles is 1. The van der Waals surface area contributed by atoms with E-state index in [1.54, 1.807) is 4.57 Å². The second kappa shape index (κ2) is 8.81. The Balaban J connectivity index is 1.58. The Bertz CT molecular complexity index is 1450. The number of anilines is 1. The summed E-state index contributed by atoms with van der Waals surface area (Å²) in [6.07, 6.45) is 2.28. The molecule has 0 aliphatic carbocycles. The number of fused-ring (bicyclic) bond motifs is 1. The van der Waals surface area contributed by atoms with Crippen molar-refractivity contribution in [2.24, 2.45) is 0 Å². The maximum absolute atomic E-state index is 13.6. The van der Waals surface area contributed by atoms with E-state index in [9.17, 15) is 10.1 Å². The molecule has 2 atom stereocenters. The largest absolute Gasteiger partial charge is 0.372 e. The monoisotopic (exact) mass is 449 g/mol. The van der Waals surface area contributed by atoms with Crippen LogP contribution >= 0.6 is 0 Å². The highest BCUT2D eigenvalue weighted by Gasteiger charge is 2.22. The van der Waals surface area contributed by atoms with Crippen LogP contribution in [0.3, 0.4) is 0 Å². The van der Waals surface area contributed by atoms with Crippen LogP contribution in [0.5, 0.6) is 0 Å². The molecule has 1 aliphatic rings. The molecule has 5 heteroatoms. The van der Waals surface area contributed by atoms with Crippen LogP contribution in [0, 0.1) is 18.3 Å². The van der Waals surface area contributed by atoms with Crippen LogP contribution in [0.1, 0.15) is 25.0 Å². The predicted molar refractivity (Wildman–Crippen MR) is 137 cm³/mol. The Morgan fingerprint density at radius 3 is 2.24 bits per heavy atom. The summed E-state index contributed by atoms with van der Waals surface area (Å²) < 4.78 is 7.57.